The zero-order valence-corrected chi connectivity index (χ0v) is 14.1. The van der Waals surface area contributed by atoms with Crippen LogP contribution in [-0.2, 0) is 0 Å². The number of rotatable bonds is 6. The molecule has 0 unspecified atom stereocenters. The maximum atomic E-state index is 13.8. The molecule has 1 fully saturated rings. The van der Waals surface area contributed by atoms with E-state index in [4.69, 9.17) is 4.74 Å². The SMILES string of the molecule is FC(F)COc1ccn2c(-c3cncc(N[C@H]4CNC[C@@H]4F)n3)cnc2c1. The Bertz CT molecular complexity index is 934. The van der Waals surface area contributed by atoms with Gasteiger partial charge in [0.15, 0.2) is 0 Å². The first-order valence-electron chi connectivity index (χ1n) is 8.42. The average molecular weight is 378 g/mol. The summed E-state index contributed by atoms with van der Waals surface area (Å²) in [6, 6.07) is 2.79. The van der Waals surface area contributed by atoms with E-state index in [-0.39, 0.29) is 6.04 Å². The molecule has 4 rings (SSSR count). The third kappa shape index (κ3) is 3.80. The molecule has 1 aliphatic heterocycles. The van der Waals surface area contributed by atoms with Crippen LogP contribution in [0, 0.1) is 0 Å². The van der Waals surface area contributed by atoms with Crippen molar-refractivity contribution in [3.63, 3.8) is 0 Å². The first kappa shape index (κ1) is 17.5. The molecule has 0 aliphatic carbocycles. The summed E-state index contributed by atoms with van der Waals surface area (Å²) in [5.41, 5.74) is 1.75. The number of hydrogen-bond acceptors (Lipinski definition) is 6. The van der Waals surface area contributed by atoms with Crippen molar-refractivity contribution in [3.8, 4) is 17.1 Å². The molecule has 2 N–H and O–H groups in total. The molecular formula is C17H17F3N6O. The number of alkyl halides is 3. The Morgan fingerprint density at radius 3 is 2.96 bits per heavy atom. The van der Waals surface area contributed by atoms with Crippen molar-refractivity contribution >= 4 is 11.5 Å². The van der Waals surface area contributed by atoms with E-state index in [2.05, 4.69) is 25.6 Å². The summed E-state index contributed by atoms with van der Waals surface area (Å²) >= 11 is 0. The van der Waals surface area contributed by atoms with E-state index in [1.54, 1.807) is 35.1 Å². The van der Waals surface area contributed by atoms with Crippen LogP contribution >= 0.6 is 0 Å². The fraction of sp³-hybridized carbons (Fsp3) is 0.353. The van der Waals surface area contributed by atoms with E-state index in [1.165, 1.54) is 6.20 Å². The minimum Gasteiger partial charge on any atom is -0.487 e. The van der Waals surface area contributed by atoms with Crippen molar-refractivity contribution in [2.24, 2.45) is 0 Å². The highest BCUT2D eigenvalue weighted by Gasteiger charge is 2.26. The minimum atomic E-state index is -2.54. The highest BCUT2D eigenvalue weighted by molar-refractivity contribution is 5.61. The molecule has 0 radical (unpaired) electrons. The van der Waals surface area contributed by atoms with Crippen LogP contribution in [0.15, 0.2) is 36.9 Å². The van der Waals surface area contributed by atoms with Gasteiger partial charge in [-0.15, -0.1) is 0 Å². The maximum Gasteiger partial charge on any atom is 0.272 e. The molecule has 10 heteroatoms. The number of pyridine rings is 1. The Morgan fingerprint density at radius 1 is 1.30 bits per heavy atom. The van der Waals surface area contributed by atoms with Crippen LogP contribution < -0.4 is 15.4 Å². The fourth-order valence-electron chi connectivity index (χ4n) is 2.94. The molecule has 0 bridgehead atoms. The number of anilines is 1. The summed E-state index contributed by atoms with van der Waals surface area (Å²) in [4.78, 5) is 12.9. The van der Waals surface area contributed by atoms with Crippen LogP contribution in [0.3, 0.4) is 0 Å². The predicted molar refractivity (Wildman–Crippen MR) is 92.9 cm³/mol. The number of hydrogen-bond donors (Lipinski definition) is 2. The van der Waals surface area contributed by atoms with Crippen LogP contribution in [0.1, 0.15) is 0 Å². The van der Waals surface area contributed by atoms with Crippen LogP contribution in [0.5, 0.6) is 5.75 Å². The number of imidazole rings is 1. The second kappa shape index (κ2) is 7.39. The van der Waals surface area contributed by atoms with E-state index < -0.39 is 19.2 Å². The summed E-state index contributed by atoms with van der Waals surface area (Å²) < 4.78 is 45.1. The lowest BCUT2D eigenvalue weighted by molar-refractivity contribution is 0.0819. The van der Waals surface area contributed by atoms with Crippen LogP contribution in [0.2, 0.25) is 0 Å². The van der Waals surface area contributed by atoms with E-state index in [1.807, 2.05) is 0 Å². The molecule has 0 amide bonds. The van der Waals surface area contributed by atoms with Crippen molar-refractivity contribution in [1.29, 1.82) is 0 Å². The maximum absolute atomic E-state index is 13.8. The van der Waals surface area contributed by atoms with Gasteiger partial charge < -0.3 is 15.4 Å². The first-order valence-corrected chi connectivity index (χ1v) is 8.42. The molecule has 3 aromatic rings. The van der Waals surface area contributed by atoms with Gasteiger partial charge in [-0.2, -0.15) is 0 Å². The quantitative estimate of drug-likeness (QED) is 0.685. The number of ether oxygens (including phenoxy) is 1. The summed E-state index contributed by atoms with van der Waals surface area (Å²) in [5, 5.41) is 6.02. The smallest absolute Gasteiger partial charge is 0.272 e. The van der Waals surface area contributed by atoms with Gasteiger partial charge in [0.05, 0.1) is 30.3 Å². The van der Waals surface area contributed by atoms with E-state index in [0.29, 0.717) is 41.7 Å². The molecule has 0 spiro atoms. The summed E-state index contributed by atoms with van der Waals surface area (Å²) in [6.45, 7) is 0.159. The highest BCUT2D eigenvalue weighted by Crippen LogP contribution is 2.23. The van der Waals surface area contributed by atoms with Crippen molar-refractivity contribution in [2.75, 3.05) is 25.0 Å². The summed E-state index contributed by atoms with van der Waals surface area (Å²) in [7, 11) is 0. The largest absolute Gasteiger partial charge is 0.487 e. The minimum absolute atomic E-state index is 0.309. The van der Waals surface area contributed by atoms with Crippen LogP contribution in [0.4, 0.5) is 19.0 Å². The van der Waals surface area contributed by atoms with Crippen molar-refractivity contribution in [1.82, 2.24) is 24.7 Å². The van der Waals surface area contributed by atoms with Crippen molar-refractivity contribution in [3.05, 3.63) is 36.9 Å². The van der Waals surface area contributed by atoms with Gasteiger partial charge in [-0.3, -0.25) is 9.38 Å². The van der Waals surface area contributed by atoms with Gasteiger partial charge >= 0.3 is 0 Å². The third-order valence-electron chi connectivity index (χ3n) is 4.23. The number of nitrogens with zero attached hydrogens (tertiary/aromatic N) is 4. The Hall–Kier alpha value is -2.88. The topological polar surface area (TPSA) is 76.4 Å². The number of nitrogens with one attached hydrogen (secondary N) is 2. The van der Waals surface area contributed by atoms with Gasteiger partial charge in [0.1, 0.15) is 35.7 Å². The standard InChI is InChI=1S/C17H17F3N6O/c18-11-4-21-5-12(11)24-16-8-22-6-13(25-16)14-7-23-17-3-10(1-2-26(14)17)27-9-15(19)20/h1-3,6-8,11-12,15,21H,4-5,9H2,(H,24,25)/t11-,12-/m0/s1. The Kier molecular flexibility index (Phi) is 4.80. The van der Waals surface area contributed by atoms with Crippen molar-refractivity contribution in [2.45, 2.75) is 18.6 Å². The molecule has 1 aliphatic rings. The predicted octanol–water partition coefficient (Wildman–Crippen LogP) is 2.16. The van der Waals surface area contributed by atoms with E-state index in [9.17, 15) is 13.2 Å². The third-order valence-corrected chi connectivity index (χ3v) is 4.23. The Labute approximate surface area is 152 Å². The lowest BCUT2D eigenvalue weighted by atomic mass is 10.2. The van der Waals surface area contributed by atoms with Gasteiger partial charge in [0, 0.05) is 25.4 Å². The molecule has 0 saturated carbocycles. The number of fused-ring (bicyclic) bond motifs is 1. The number of aromatic nitrogens is 4. The van der Waals surface area contributed by atoms with Crippen molar-refractivity contribution < 1.29 is 17.9 Å². The van der Waals surface area contributed by atoms with Crippen LogP contribution in [-0.4, -0.2) is 57.7 Å². The Morgan fingerprint density at radius 2 is 2.19 bits per heavy atom. The zero-order valence-electron chi connectivity index (χ0n) is 14.1. The summed E-state index contributed by atoms with van der Waals surface area (Å²) in [5.74, 6) is 0.778. The molecule has 27 heavy (non-hydrogen) atoms. The van der Waals surface area contributed by atoms with E-state index in [0.717, 1.165) is 0 Å². The monoisotopic (exact) mass is 378 g/mol. The second-order valence-corrected chi connectivity index (χ2v) is 6.15. The lowest BCUT2D eigenvalue weighted by Gasteiger charge is -2.14. The lowest BCUT2D eigenvalue weighted by Crippen LogP contribution is -2.29. The molecule has 1 saturated heterocycles. The highest BCUT2D eigenvalue weighted by atomic mass is 19.3. The molecule has 4 heterocycles. The zero-order chi connectivity index (χ0) is 18.8. The van der Waals surface area contributed by atoms with Crippen LogP contribution in [0.25, 0.3) is 17.0 Å². The molecule has 0 aromatic carbocycles. The molecular weight excluding hydrogens is 361 g/mol. The summed E-state index contributed by atoms with van der Waals surface area (Å²) in [6.07, 6.45) is 2.86. The molecule has 3 aromatic heterocycles. The number of halogens is 3. The van der Waals surface area contributed by atoms with Gasteiger partial charge in [-0.1, -0.05) is 0 Å². The molecule has 7 nitrogen and oxygen atoms in total. The van der Waals surface area contributed by atoms with Gasteiger partial charge in [0.2, 0.25) is 0 Å². The van der Waals surface area contributed by atoms with E-state index >= 15 is 0 Å². The van der Waals surface area contributed by atoms with Gasteiger partial charge in [-0.25, -0.2) is 23.1 Å². The van der Waals surface area contributed by atoms with Gasteiger partial charge in [0.25, 0.3) is 6.43 Å². The average Bonchev–Trinajstić information content (AvgIpc) is 3.26. The first-order chi connectivity index (χ1) is 13.1. The second-order valence-electron chi connectivity index (χ2n) is 6.15. The molecule has 2 atom stereocenters. The molecule has 142 valence electrons. The fourth-order valence-corrected chi connectivity index (χ4v) is 2.94. The van der Waals surface area contributed by atoms with Gasteiger partial charge in [-0.05, 0) is 6.07 Å². The Balaban J connectivity index is 1.57. The normalized spacial score (nSPS) is 19.7.